The molecule has 0 amide bonds. The number of aromatic nitrogens is 2. The van der Waals surface area contributed by atoms with Gasteiger partial charge in [0.15, 0.2) is 0 Å². The fourth-order valence-corrected chi connectivity index (χ4v) is 6.13. The first-order valence-corrected chi connectivity index (χ1v) is 13.5. The largest absolute Gasteiger partial charge is 2.00 e. The van der Waals surface area contributed by atoms with E-state index >= 15 is 0 Å². The molecule has 0 N–H and O–H groups in total. The molecule has 1 aliphatic carbocycles. The van der Waals surface area contributed by atoms with Crippen molar-refractivity contribution in [1.82, 2.24) is 9.97 Å². The summed E-state index contributed by atoms with van der Waals surface area (Å²) in [6, 6.07) is 46.1. The first-order valence-electron chi connectivity index (χ1n) is 13.5. The molecule has 0 fully saturated rings. The van der Waals surface area contributed by atoms with Gasteiger partial charge >= 0.3 is 21.1 Å². The summed E-state index contributed by atoms with van der Waals surface area (Å²) in [6.07, 6.45) is 5.28. The molecule has 4 nitrogen and oxygen atoms in total. The molecule has 3 heterocycles. The van der Waals surface area contributed by atoms with Crippen molar-refractivity contribution in [2.24, 2.45) is 0 Å². The minimum Gasteiger partial charge on any atom is -0.507 e. The summed E-state index contributed by atoms with van der Waals surface area (Å²) in [7, 11) is 0. The first kappa shape index (κ1) is 26.1. The Balaban J connectivity index is 0.00000288. The van der Waals surface area contributed by atoms with Crippen LogP contribution in [0.15, 0.2) is 138 Å². The van der Waals surface area contributed by atoms with E-state index in [1.807, 2.05) is 54.7 Å². The number of fused-ring (bicyclic) bond motifs is 4. The van der Waals surface area contributed by atoms with E-state index in [1.165, 1.54) is 22.3 Å². The molecule has 42 heavy (non-hydrogen) atoms. The van der Waals surface area contributed by atoms with Crippen molar-refractivity contribution in [3.63, 3.8) is 0 Å². The third-order valence-corrected chi connectivity index (χ3v) is 7.83. The summed E-state index contributed by atoms with van der Waals surface area (Å²) in [4.78, 5) is 9.48. The molecule has 1 aliphatic rings. The van der Waals surface area contributed by atoms with Crippen LogP contribution in [0.4, 0.5) is 0 Å². The zero-order chi connectivity index (χ0) is 27.2. The fraction of sp³-hybridized carbons (Fsp3) is 0.0270. The molecule has 7 aromatic rings. The molecular weight excluding hydrogens is 699 g/mol. The Morgan fingerprint density at radius 3 is 2.17 bits per heavy atom. The molecule has 3 aromatic heterocycles. The minimum atomic E-state index is -0.654. The van der Waals surface area contributed by atoms with Gasteiger partial charge in [-0.25, -0.2) is 0 Å². The second-order valence-electron chi connectivity index (χ2n) is 10.0. The Kier molecular flexibility index (Phi) is 6.57. The maximum Gasteiger partial charge on any atom is 2.00 e. The Hall–Kier alpha value is -4.79. The van der Waals surface area contributed by atoms with Crippen LogP contribution in [0.25, 0.3) is 33.2 Å². The van der Waals surface area contributed by atoms with Gasteiger partial charge < -0.3 is 14.1 Å². The predicted octanol–water partition coefficient (Wildman–Crippen LogP) is 8.64. The number of nitrogens with zero attached hydrogens (tertiary/aromatic N) is 2. The molecule has 0 bridgehead atoms. The summed E-state index contributed by atoms with van der Waals surface area (Å²) >= 11 is 0. The van der Waals surface area contributed by atoms with Crippen molar-refractivity contribution < 1.29 is 30.2 Å². The van der Waals surface area contributed by atoms with Crippen molar-refractivity contribution in [2.75, 3.05) is 0 Å². The normalized spacial score (nSPS) is 12.8. The Morgan fingerprint density at radius 2 is 1.38 bits per heavy atom. The minimum absolute atomic E-state index is 0. The summed E-state index contributed by atoms with van der Waals surface area (Å²) in [5.74, 6) is 0.782. The standard InChI is InChI=1S/C37H22N2O2.Pt/c1-2-13-29-25(10-1)19-21-39-36(29)26-22-35(40-24-26)41-28-12-9-11-27(23-28)37(34-18-7-8-20-38-34)32-16-5-3-14-30(32)31-15-4-6-17-33(31)37;/h1-21,24H;/q-2;+2. The van der Waals surface area contributed by atoms with Gasteiger partial charge in [-0.15, -0.1) is 23.3 Å². The van der Waals surface area contributed by atoms with Crippen LogP contribution in [-0.4, -0.2) is 9.97 Å². The van der Waals surface area contributed by atoms with E-state index in [4.69, 9.17) is 14.1 Å². The molecule has 5 heteroatoms. The Bertz CT molecular complexity index is 2000. The van der Waals surface area contributed by atoms with Crippen LogP contribution in [0.1, 0.15) is 22.4 Å². The second-order valence-corrected chi connectivity index (χ2v) is 10.0. The van der Waals surface area contributed by atoms with Gasteiger partial charge in [0.05, 0.1) is 11.1 Å². The quantitative estimate of drug-likeness (QED) is 0.167. The summed E-state index contributed by atoms with van der Waals surface area (Å²) < 4.78 is 12.0. The zero-order valence-electron chi connectivity index (χ0n) is 22.2. The number of furan rings is 1. The van der Waals surface area contributed by atoms with E-state index in [0.717, 1.165) is 33.3 Å². The van der Waals surface area contributed by atoms with Crippen molar-refractivity contribution in [3.8, 4) is 34.1 Å². The van der Waals surface area contributed by atoms with Crippen LogP contribution in [-0.2, 0) is 26.5 Å². The van der Waals surface area contributed by atoms with Crippen molar-refractivity contribution in [2.45, 2.75) is 5.41 Å². The van der Waals surface area contributed by atoms with E-state index in [-0.39, 0.29) is 27.0 Å². The maximum atomic E-state index is 6.22. The van der Waals surface area contributed by atoms with E-state index in [1.54, 1.807) is 12.5 Å². The summed E-state index contributed by atoms with van der Waals surface area (Å²) in [5.41, 5.74) is 7.47. The van der Waals surface area contributed by atoms with E-state index in [0.29, 0.717) is 5.75 Å². The number of rotatable bonds is 5. The average molecular weight is 722 g/mol. The van der Waals surface area contributed by atoms with Crippen LogP contribution < -0.4 is 4.74 Å². The number of hydrogen-bond donors (Lipinski definition) is 0. The Labute approximate surface area is 257 Å². The average Bonchev–Trinajstić information content (AvgIpc) is 3.62. The number of hydrogen-bond acceptors (Lipinski definition) is 4. The number of benzene rings is 4. The molecule has 202 valence electrons. The third kappa shape index (κ3) is 4.02. The van der Waals surface area contributed by atoms with Crippen LogP contribution >= 0.6 is 0 Å². The van der Waals surface area contributed by atoms with Crippen LogP contribution in [0, 0.1) is 12.1 Å². The summed E-state index contributed by atoms with van der Waals surface area (Å²) in [5, 5.41) is 2.13. The fourth-order valence-electron chi connectivity index (χ4n) is 6.13. The molecule has 4 aromatic carbocycles. The molecule has 8 rings (SSSR count). The maximum absolute atomic E-state index is 6.22. The molecule has 0 saturated carbocycles. The van der Waals surface area contributed by atoms with Crippen molar-refractivity contribution in [3.05, 3.63) is 168 Å². The molecule has 0 spiro atoms. The zero-order valence-corrected chi connectivity index (χ0v) is 24.5. The van der Waals surface area contributed by atoms with Gasteiger partial charge in [-0.2, -0.15) is 12.1 Å². The summed E-state index contributed by atoms with van der Waals surface area (Å²) in [6.45, 7) is 0. The van der Waals surface area contributed by atoms with Gasteiger partial charge in [-0.05, 0) is 63.2 Å². The van der Waals surface area contributed by atoms with Gasteiger partial charge in [0.1, 0.15) is 0 Å². The monoisotopic (exact) mass is 721 g/mol. The molecule has 0 radical (unpaired) electrons. The SMILES string of the molecule is [Pt+2].[c-]1c(Oc2[c-]c(-c3nccc4ccccc34)co2)cccc1C1(c2ccccn2)c2ccccc2-c2ccccc21. The van der Waals surface area contributed by atoms with Gasteiger partial charge in [0.2, 0.25) is 5.95 Å². The predicted molar refractivity (Wildman–Crippen MR) is 159 cm³/mol. The molecule has 0 atom stereocenters. The molecular formula is C37H22N2O2Pt. The molecule has 0 aliphatic heterocycles. The Morgan fingerprint density at radius 1 is 0.643 bits per heavy atom. The van der Waals surface area contributed by atoms with Crippen LogP contribution in [0.2, 0.25) is 0 Å². The molecule has 0 unspecified atom stereocenters. The second kappa shape index (κ2) is 10.6. The van der Waals surface area contributed by atoms with Gasteiger partial charge in [-0.3, -0.25) is 4.98 Å². The smallest absolute Gasteiger partial charge is 0.507 e. The van der Waals surface area contributed by atoms with Crippen molar-refractivity contribution >= 4 is 10.8 Å². The number of ether oxygens (including phenoxy) is 1. The van der Waals surface area contributed by atoms with Gasteiger partial charge in [0, 0.05) is 18.1 Å². The van der Waals surface area contributed by atoms with Crippen LogP contribution in [0.3, 0.4) is 0 Å². The molecule has 0 saturated heterocycles. The first-order chi connectivity index (χ1) is 20.3. The van der Waals surface area contributed by atoms with E-state index in [2.05, 4.69) is 83.8 Å². The van der Waals surface area contributed by atoms with E-state index in [9.17, 15) is 0 Å². The van der Waals surface area contributed by atoms with Gasteiger partial charge in [0.25, 0.3) is 0 Å². The third-order valence-electron chi connectivity index (χ3n) is 7.83. The van der Waals surface area contributed by atoms with E-state index < -0.39 is 5.41 Å². The van der Waals surface area contributed by atoms with Crippen molar-refractivity contribution in [1.29, 1.82) is 0 Å². The van der Waals surface area contributed by atoms with Gasteiger partial charge in [-0.1, -0.05) is 84.9 Å². The number of pyridine rings is 2. The topological polar surface area (TPSA) is 48.2 Å². The van der Waals surface area contributed by atoms with Crippen LogP contribution in [0.5, 0.6) is 11.7 Å².